The summed E-state index contributed by atoms with van der Waals surface area (Å²) < 4.78 is 4.95. The van der Waals surface area contributed by atoms with Gasteiger partial charge in [0.25, 0.3) is 0 Å². The Morgan fingerprint density at radius 1 is 1.43 bits per heavy atom. The van der Waals surface area contributed by atoms with E-state index in [0.29, 0.717) is 24.6 Å². The summed E-state index contributed by atoms with van der Waals surface area (Å²) in [5.74, 6) is 0.467. The first kappa shape index (κ1) is 16.9. The third-order valence-electron chi connectivity index (χ3n) is 3.36. The molecule has 1 rings (SSSR count). The van der Waals surface area contributed by atoms with E-state index in [1.54, 1.807) is 6.92 Å². The van der Waals surface area contributed by atoms with Crippen molar-refractivity contribution in [1.29, 1.82) is 0 Å². The van der Waals surface area contributed by atoms with Crippen LogP contribution in [0.1, 0.15) is 51.2 Å². The second-order valence-corrected chi connectivity index (χ2v) is 4.99. The summed E-state index contributed by atoms with van der Waals surface area (Å²) in [6.45, 7) is 5.71. The van der Waals surface area contributed by atoms with Crippen molar-refractivity contribution in [3.63, 3.8) is 0 Å². The lowest BCUT2D eigenvalue weighted by Crippen LogP contribution is -2.49. The van der Waals surface area contributed by atoms with Crippen LogP contribution in [0, 0.1) is 12.3 Å². The van der Waals surface area contributed by atoms with Crippen LogP contribution in [0.4, 0.5) is 0 Å². The number of carbonyl (C=O) groups excluding carboxylic acids is 1. The second kappa shape index (κ2) is 7.61. The van der Waals surface area contributed by atoms with Gasteiger partial charge in [-0.1, -0.05) is 37.0 Å². The van der Waals surface area contributed by atoms with E-state index in [9.17, 15) is 4.79 Å². The van der Waals surface area contributed by atoms with Crippen LogP contribution in [0.2, 0.25) is 0 Å². The maximum Gasteiger partial charge on any atom is 0.246 e. The minimum atomic E-state index is -1.01. The van der Waals surface area contributed by atoms with E-state index in [4.69, 9.17) is 15.5 Å². The fourth-order valence-corrected chi connectivity index (χ4v) is 2.41. The SMILES string of the molecule is CCCC(CCC)(C(=O)NCc1nc(C)no1)C(N)=NO. The van der Waals surface area contributed by atoms with Crippen LogP contribution in [0.15, 0.2) is 9.68 Å². The van der Waals surface area contributed by atoms with Gasteiger partial charge in [0, 0.05) is 0 Å². The average Bonchev–Trinajstić information content (AvgIpc) is 2.89. The van der Waals surface area contributed by atoms with Gasteiger partial charge in [0.2, 0.25) is 11.8 Å². The van der Waals surface area contributed by atoms with Gasteiger partial charge in [0.05, 0.1) is 6.54 Å². The van der Waals surface area contributed by atoms with Gasteiger partial charge in [0.15, 0.2) is 11.7 Å². The number of nitrogens with zero attached hydrogens (tertiary/aromatic N) is 3. The van der Waals surface area contributed by atoms with Gasteiger partial charge in [0.1, 0.15) is 5.41 Å². The quantitative estimate of drug-likeness (QED) is 0.287. The molecule has 0 aliphatic rings. The van der Waals surface area contributed by atoms with Gasteiger partial charge in [-0.25, -0.2) is 0 Å². The zero-order valence-corrected chi connectivity index (χ0v) is 12.7. The number of hydrogen-bond donors (Lipinski definition) is 3. The Kier molecular flexibility index (Phi) is 6.13. The van der Waals surface area contributed by atoms with Crippen LogP contribution < -0.4 is 11.1 Å². The molecule has 0 atom stereocenters. The summed E-state index contributed by atoms with van der Waals surface area (Å²) in [6.07, 6.45) is 2.49. The lowest BCUT2D eigenvalue weighted by Gasteiger charge is -2.30. The van der Waals surface area contributed by atoms with Crippen LogP contribution in [0.5, 0.6) is 0 Å². The minimum absolute atomic E-state index is 0.0644. The van der Waals surface area contributed by atoms with Crippen molar-refractivity contribution in [2.45, 2.75) is 53.0 Å². The molecule has 8 nitrogen and oxygen atoms in total. The predicted molar refractivity (Wildman–Crippen MR) is 76.5 cm³/mol. The number of nitrogens with one attached hydrogen (secondary N) is 1. The van der Waals surface area contributed by atoms with Crippen molar-refractivity contribution in [3.05, 3.63) is 11.7 Å². The Hall–Kier alpha value is -2.12. The molecule has 4 N–H and O–H groups in total. The normalized spacial score (nSPS) is 12.4. The molecule has 0 saturated heterocycles. The van der Waals surface area contributed by atoms with Crippen LogP contribution in [-0.2, 0) is 11.3 Å². The molecule has 0 radical (unpaired) electrons. The molecule has 0 unspecified atom stereocenters. The van der Waals surface area contributed by atoms with E-state index in [-0.39, 0.29) is 18.3 Å². The van der Waals surface area contributed by atoms with Crippen LogP contribution in [-0.4, -0.2) is 27.1 Å². The number of rotatable bonds is 8. The van der Waals surface area contributed by atoms with Gasteiger partial charge in [-0.15, -0.1) is 0 Å². The van der Waals surface area contributed by atoms with E-state index in [1.807, 2.05) is 13.8 Å². The van der Waals surface area contributed by atoms with Gasteiger partial charge in [-0.2, -0.15) is 4.98 Å². The van der Waals surface area contributed by atoms with Crippen molar-refractivity contribution in [2.24, 2.45) is 16.3 Å². The zero-order valence-electron chi connectivity index (χ0n) is 12.7. The summed E-state index contributed by atoms with van der Waals surface area (Å²) in [7, 11) is 0. The van der Waals surface area contributed by atoms with Crippen molar-refractivity contribution in [1.82, 2.24) is 15.5 Å². The number of carbonyl (C=O) groups is 1. The highest BCUT2D eigenvalue weighted by Gasteiger charge is 2.41. The van der Waals surface area contributed by atoms with Crippen molar-refractivity contribution >= 4 is 11.7 Å². The molecule has 0 spiro atoms. The molecule has 0 saturated carbocycles. The third kappa shape index (κ3) is 3.93. The Balaban J connectivity index is 2.88. The predicted octanol–water partition coefficient (Wildman–Crippen LogP) is 1.33. The van der Waals surface area contributed by atoms with Crippen molar-refractivity contribution < 1.29 is 14.5 Å². The van der Waals surface area contributed by atoms with Gasteiger partial charge >= 0.3 is 0 Å². The lowest BCUT2D eigenvalue weighted by molar-refractivity contribution is -0.128. The summed E-state index contributed by atoms with van der Waals surface area (Å²) in [6, 6.07) is 0. The molecular weight excluding hydrogens is 274 g/mol. The summed E-state index contributed by atoms with van der Waals surface area (Å²) in [4.78, 5) is 16.6. The second-order valence-electron chi connectivity index (χ2n) is 4.99. The largest absolute Gasteiger partial charge is 0.409 e. The fourth-order valence-electron chi connectivity index (χ4n) is 2.41. The number of hydrogen-bond acceptors (Lipinski definition) is 6. The van der Waals surface area contributed by atoms with Crippen LogP contribution in [0.3, 0.4) is 0 Å². The monoisotopic (exact) mass is 297 g/mol. The summed E-state index contributed by atoms with van der Waals surface area (Å²) >= 11 is 0. The third-order valence-corrected chi connectivity index (χ3v) is 3.36. The van der Waals surface area contributed by atoms with Crippen LogP contribution in [0.25, 0.3) is 0 Å². The molecule has 0 aliphatic heterocycles. The standard InChI is InChI=1S/C13H23N5O3/c1-4-6-13(7-5-2,11(14)17-20)12(19)15-8-10-16-9(3)18-21-10/h20H,4-8H2,1-3H3,(H2,14,17)(H,15,19). The maximum absolute atomic E-state index is 12.6. The highest BCUT2D eigenvalue weighted by atomic mass is 16.5. The molecular formula is C13H23N5O3. The fraction of sp³-hybridized carbons (Fsp3) is 0.692. The van der Waals surface area contributed by atoms with E-state index in [2.05, 4.69) is 20.6 Å². The van der Waals surface area contributed by atoms with Gasteiger partial charge in [-0.3, -0.25) is 4.79 Å². The molecule has 0 aliphatic carbocycles. The van der Waals surface area contributed by atoms with Gasteiger partial charge in [-0.05, 0) is 19.8 Å². The van der Waals surface area contributed by atoms with Crippen molar-refractivity contribution in [3.8, 4) is 0 Å². The first-order valence-corrected chi connectivity index (χ1v) is 7.05. The van der Waals surface area contributed by atoms with Gasteiger partial charge < -0.3 is 20.8 Å². The van der Waals surface area contributed by atoms with E-state index >= 15 is 0 Å². The molecule has 118 valence electrons. The zero-order chi connectivity index (χ0) is 15.9. The molecule has 8 heteroatoms. The number of aryl methyl sites for hydroxylation is 1. The molecule has 1 amide bonds. The molecule has 1 aromatic heterocycles. The van der Waals surface area contributed by atoms with E-state index in [1.165, 1.54) is 0 Å². The summed E-state index contributed by atoms with van der Waals surface area (Å²) in [5, 5.41) is 18.4. The highest BCUT2D eigenvalue weighted by Crippen LogP contribution is 2.30. The number of aromatic nitrogens is 2. The summed E-state index contributed by atoms with van der Waals surface area (Å²) in [5.41, 5.74) is 4.78. The van der Waals surface area contributed by atoms with E-state index < -0.39 is 5.41 Å². The molecule has 21 heavy (non-hydrogen) atoms. The van der Waals surface area contributed by atoms with Crippen LogP contribution >= 0.6 is 0 Å². The molecule has 0 fully saturated rings. The Labute approximate surface area is 123 Å². The highest BCUT2D eigenvalue weighted by molar-refractivity contribution is 6.06. The minimum Gasteiger partial charge on any atom is -0.409 e. The Bertz CT molecular complexity index is 492. The Morgan fingerprint density at radius 3 is 2.48 bits per heavy atom. The smallest absolute Gasteiger partial charge is 0.246 e. The maximum atomic E-state index is 12.6. The number of amidine groups is 1. The van der Waals surface area contributed by atoms with E-state index in [0.717, 1.165) is 12.8 Å². The molecule has 0 aromatic carbocycles. The number of amides is 1. The first-order chi connectivity index (χ1) is 10.00. The molecule has 1 heterocycles. The topological polar surface area (TPSA) is 127 Å². The average molecular weight is 297 g/mol. The Morgan fingerprint density at radius 2 is 2.05 bits per heavy atom. The molecule has 1 aromatic rings. The number of oxime groups is 1. The number of nitrogens with two attached hydrogens (primary N) is 1. The first-order valence-electron chi connectivity index (χ1n) is 7.05. The molecule has 0 bridgehead atoms. The van der Waals surface area contributed by atoms with Crippen molar-refractivity contribution in [2.75, 3.05) is 0 Å². The lowest BCUT2D eigenvalue weighted by atomic mass is 9.77.